The van der Waals surface area contributed by atoms with Crippen LogP contribution in [0.1, 0.15) is 10.4 Å². The van der Waals surface area contributed by atoms with E-state index >= 15 is 0 Å². The predicted octanol–water partition coefficient (Wildman–Crippen LogP) is 2.12. The molecule has 6 nitrogen and oxygen atoms in total. The number of anilines is 1. The van der Waals surface area contributed by atoms with Crippen molar-refractivity contribution in [2.45, 2.75) is 0 Å². The van der Waals surface area contributed by atoms with Gasteiger partial charge in [0.05, 0.1) is 18.1 Å². The number of aromatic amines is 2. The van der Waals surface area contributed by atoms with Crippen LogP contribution in [-0.2, 0) is 0 Å². The van der Waals surface area contributed by atoms with Crippen LogP contribution in [0.4, 0.5) is 5.69 Å². The number of methoxy groups -OCH3 is 1. The van der Waals surface area contributed by atoms with Crippen molar-refractivity contribution < 1.29 is 9.53 Å². The summed E-state index contributed by atoms with van der Waals surface area (Å²) in [6.45, 7) is 0. The molecule has 21 heavy (non-hydrogen) atoms. The molecular weight excluding hydrogens is 270 g/mol. The number of nitrogens with one attached hydrogen (secondary N) is 3. The van der Waals surface area contributed by atoms with Crippen LogP contribution in [0.3, 0.4) is 0 Å². The molecule has 0 bridgehead atoms. The highest BCUT2D eigenvalue weighted by molar-refractivity contribution is 6.05. The van der Waals surface area contributed by atoms with Gasteiger partial charge in [0, 0.05) is 11.3 Å². The molecule has 0 aliphatic carbocycles. The van der Waals surface area contributed by atoms with Gasteiger partial charge in [-0.2, -0.15) is 0 Å². The third-order valence-corrected chi connectivity index (χ3v) is 3.11. The van der Waals surface area contributed by atoms with E-state index in [0.717, 1.165) is 0 Å². The van der Waals surface area contributed by atoms with E-state index in [4.69, 9.17) is 4.74 Å². The number of carbonyl (C=O) groups excluding carboxylic acids is 1. The fraction of sp³-hybridized carbons (Fsp3) is 0.0667. The molecule has 2 aromatic carbocycles. The first-order valence-electron chi connectivity index (χ1n) is 6.33. The molecule has 0 radical (unpaired) electrons. The van der Waals surface area contributed by atoms with E-state index < -0.39 is 0 Å². The maximum Gasteiger partial charge on any atom is 0.323 e. The van der Waals surface area contributed by atoms with Gasteiger partial charge in [-0.15, -0.1) is 0 Å². The fourth-order valence-corrected chi connectivity index (χ4v) is 2.08. The van der Waals surface area contributed by atoms with E-state index in [2.05, 4.69) is 15.3 Å². The zero-order valence-corrected chi connectivity index (χ0v) is 11.3. The summed E-state index contributed by atoms with van der Waals surface area (Å²) in [5.74, 6) is 0.374. The maximum atomic E-state index is 12.2. The van der Waals surface area contributed by atoms with Crippen LogP contribution in [0.15, 0.2) is 47.3 Å². The van der Waals surface area contributed by atoms with E-state index in [1.165, 1.54) is 0 Å². The van der Waals surface area contributed by atoms with E-state index in [1.54, 1.807) is 49.6 Å². The number of benzene rings is 2. The maximum absolute atomic E-state index is 12.2. The number of ether oxygens (including phenoxy) is 1. The monoisotopic (exact) mass is 283 g/mol. The van der Waals surface area contributed by atoms with E-state index in [9.17, 15) is 9.59 Å². The summed E-state index contributed by atoms with van der Waals surface area (Å²) in [6.07, 6.45) is 0. The Kier molecular flexibility index (Phi) is 3.19. The number of H-pyrrole nitrogens is 2. The Morgan fingerprint density at radius 1 is 1.10 bits per heavy atom. The van der Waals surface area contributed by atoms with E-state index in [1.807, 2.05) is 0 Å². The van der Waals surface area contributed by atoms with Crippen molar-refractivity contribution in [3.8, 4) is 5.75 Å². The second kappa shape index (κ2) is 5.16. The third kappa shape index (κ3) is 2.64. The average molecular weight is 283 g/mol. The zero-order valence-electron chi connectivity index (χ0n) is 11.3. The molecule has 0 aliphatic rings. The molecule has 0 atom stereocenters. The van der Waals surface area contributed by atoms with Gasteiger partial charge in [0.25, 0.3) is 5.91 Å². The Morgan fingerprint density at radius 2 is 1.90 bits per heavy atom. The number of fused-ring (bicyclic) bond motifs is 1. The molecular formula is C15H13N3O3. The predicted molar refractivity (Wildman–Crippen MR) is 79.9 cm³/mol. The Bertz CT molecular complexity index is 864. The molecule has 1 amide bonds. The number of hydrogen-bond donors (Lipinski definition) is 3. The van der Waals surface area contributed by atoms with Crippen molar-refractivity contribution in [3.05, 3.63) is 58.5 Å². The smallest absolute Gasteiger partial charge is 0.323 e. The fourth-order valence-electron chi connectivity index (χ4n) is 2.08. The molecule has 0 saturated carbocycles. The Balaban J connectivity index is 1.86. The quantitative estimate of drug-likeness (QED) is 0.688. The van der Waals surface area contributed by atoms with Gasteiger partial charge in [0.1, 0.15) is 5.75 Å². The molecule has 3 aromatic rings. The lowest BCUT2D eigenvalue weighted by atomic mass is 10.2. The van der Waals surface area contributed by atoms with Crippen LogP contribution in [0.25, 0.3) is 11.0 Å². The van der Waals surface area contributed by atoms with Crippen LogP contribution in [-0.4, -0.2) is 23.0 Å². The summed E-state index contributed by atoms with van der Waals surface area (Å²) in [5, 5.41) is 2.78. The van der Waals surface area contributed by atoms with Gasteiger partial charge in [-0.05, 0) is 36.4 Å². The number of carbonyl (C=O) groups is 1. The molecule has 3 N–H and O–H groups in total. The van der Waals surface area contributed by atoms with E-state index in [0.29, 0.717) is 28.0 Å². The minimum Gasteiger partial charge on any atom is -0.497 e. The minimum atomic E-state index is -0.277. The van der Waals surface area contributed by atoms with Crippen molar-refractivity contribution in [2.75, 3.05) is 12.4 Å². The van der Waals surface area contributed by atoms with Crippen molar-refractivity contribution in [2.24, 2.45) is 0 Å². The Hall–Kier alpha value is -3.02. The van der Waals surface area contributed by atoms with Crippen LogP contribution >= 0.6 is 0 Å². The largest absolute Gasteiger partial charge is 0.497 e. The molecule has 1 heterocycles. The minimum absolute atomic E-state index is 0.244. The molecule has 106 valence electrons. The molecule has 0 unspecified atom stereocenters. The second-order valence-corrected chi connectivity index (χ2v) is 4.53. The summed E-state index contributed by atoms with van der Waals surface area (Å²) in [6, 6.07) is 12.0. The van der Waals surface area contributed by atoms with Crippen LogP contribution in [0.5, 0.6) is 5.75 Å². The first-order valence-corrected chi connectivity index (χ1v) is 6.33. The average Bonchev–Trinajstić information content (AvgIpc) is 2.86. The molecule has 0 fully saturated rings. The lowest BCUT2D eigenvalue weighted by molar-refractivity contribution is 0.102. The Labute approximate surface area is 119 Å². The summed E-state index contributed by atoms with van der Waals surface area (Å²) in [7, 11) is 1.55. The zero-order chi connectivity index (χ0) is 14.8. The number of imidazole rings is 1. The number of rotatable bonds is 3. The lowest BCUT2D eigenvalue weighted by Crippen LogP contribution is -2.11. The highest BCUT2D eigenvalue weighted by Gasteiger charge is 2.08. The highest BCUT2D eigenvalue weighted by Crippen LogP contribution is 2.17. The van der Waals surface area contributed by atoms with Crippen molar-refractivity contribution >= 4 is 22.6 Å². The Morgan fingerprint density at radius 3 is 2.71 bits per heavy atom. The van der Waals surface area contributed by atoms with Crippen molar-refractivity contribution in [1.82, 2.24) is 9.97 Å². The first kappa shape index (κ1) is 13.0. The topological polar surface area (TPSA) is 87.0 Å². The standard InChI is InChI=1S/C15H13N3O3/c1-21-11-4-2-3-9(7-11)14(19)16-10-5-6-12-13(8-10)18-15(20)17-12/h2-8H,1H3,(H,16,19)(H2,17,18,20). The second-order valence-electron chi connectivity index (χ2n) is 4.53. The SMILES string of the molecule is COc1cccc(C(=O)Nc2ccc3[nH]c(=O)[nH]c3c2)c1. The number of amides is 1. The third-order valence-electron chi connectivity index (χ3n) is 3.11. The van der Waals surface area contributed by atoms with Crippen molar-refractivity contribution in [3.63, 3.8) is 0 Å². The summed E-state index contributed by atoms with van der Waals surface area (Å²) in [4.78, 5) is 28.7. The first-order chi connectivity index (χ1) is 10.2. The lowest BCUT2D eigenvalue weighted by Gasteiger charge is -2.06. The van der Waals surface area contributed by atoms with Crippen LogP contribution < -0.4 is 15.7 Å². The normalized spacial score (nSPS) is 10.5. The van der Waals surface area contributed by atoms with Gasteiger partial charge in [0.15, 0.2) is 0 Å². The van der Waals surface area contributed by atoms with Gasteiger partial charge in [-0.25, -0.2) is 4.79 Å². The summed E-state index contributed by atoms with van der Waals surface area (Å²) in [5.41, 5.74) is 2.16. The summed E-state index contributed by atoms with van der Waals surface area (Å²) < 4.78 is 5.09. The molecule has 0 spiro atoms. The van der Waals surface area contributed by atoms with Crippen LogP contribution in [0.2, 0.25) is 0 Å². The number of hydrogen-bond acceptors (Lipinski definition) is 3. The van der Waals surface area contributed by atoms with Gasteiger partial charge < -0.3 is 20.0 Å². The summed E-state index contributed by atoms with van der Waals surface area (Å²) >= 11 is 0. The van der Waals surface area contributed by atoms with Gasteiger partial charge >= 0.3 is 5.69 Å². The molecule has 6 heteroatoms. The van der Waals surface area contributed by atoms with Crippen molar-refractivity contribution in [1.29, 1.82) is 0 Å². The van der Waals surface area contributed by atoms with Gasteiger partial charge in [-0.1, -0.05) is 6.07 Å². The van der Waals surface area contributed by atoms with E-state index in [-0.39, 0.29) is 11.6 Å². The van der Waals surface area contributed by atoms with Gasteiger partial charge in [-0.3, -0.25) is 4.79 Å². The molecule has 0 saturated heterocycles. The highest BCUT2D eigenvalue weighted by atomic mass is 16.5. The molecule has 0 aliphatic heterocycles. The van der Waals surface area contributed by atoms with Gasteiger partial charge in [0.2, 0.25) is 0 Å². The van der Waals surface area contributed by atoms with Crippen LogP contribution in [0, 0.1) is 0 Å². The molecule has 3 rings (SSSR count). The molecule has 1 aromatic heterocycles. The number of aromatic nitrogens is 2.